The summed E-state index contributed by atoms with van der Waals surface area (Å²) in [5.41, 5.74) is -1.19. The molecule has 0 aliphatic heterocycles. The molecule has 0 aliphatic rings. The van der Waals surface area contributed by atoms with E-state index in [0.717, 1.165) is 7.11 Å². The highest BCUT2D eigenvalue weighted by atomic mass is 31.2. The molecule has 0 bridgehead atoms. The Morgan fingerprint density at radius 3 is 1.74 bits per heavy atom. The van der Waals surface area contributed by atoms with Crippen molar-refractivity contribution in [2.75, 3.05) is 13.3 Å². The van der Waals surface area contributed by atoms with Gasteiger partial charge in [-0.15, -0.1) is 0 Å². The summed E-state index contributed by atoms with van der Waals surface area (Å²) in [5.74, 6) is -10.5. The summed E-state index contributed by atoms with van der Waals surface area (Å²) < 4.78 is 85.8. The summed E-state index contributed by atoms with van der Waals surface area (Å²) in [7, 11) is -2.56. The molecule has 0 aromatic heterocycles. The fourth-order valence-electron chi connectivity index (χ4n) is 1.21. The van der Waals surface area contributed by atoms with Gasteiger partial charge in [0.05, 0.1) is 12.2 Å². The second kappa shape index (κ2) is 5.98. The standard InChI is InChI=1S/C10H10F5O3P/c1-3-19(16,17-2)18-4-5-6(11)8(13)10(15)9(14)7(5)12/h3-4H2,1-2H3. The molecule has 0 spiro atoms. The van der Waals surface area contributed by atoms with E-state index in [2.05, 4.69) is 9.05 Å². The van der Waals surface area contributed by atoms with Crippen molar-refractivity contribution in [2.45, 2.75) is 13.5 Å². The van der Waals surface area contributed by atoms with Crippen LogP contribution in [0.15, 0.2) is 0 Å². The SMILES string of the molecule is CCP(=O)(OC)OCc1c(F)c(F)c(F)c(F)c1F. The molecular formula is C10H10F5O3P. The van der Waals surface area contributed by atoms with Gasteiger partial charge in [-0.3, -0.25) is 4.57 Å². The Labute approximate surface area is 105 Å². The zero-order chi connectivity index (χ0) is 14.8. The Bertz CT molecular complexity index is 497. The van der Waals surface area contributed by atoms with Crippen molar-refractivity contribution < 1.29 is 35.6 Å². The highest BCUT2D eigenvalue weighted by Crippen LogP contribution is 2.47. The second-order valence-corrected chi connectivity index (χ2v) is 5.91. The fourth-order valence-corrected chi connectivity index (χ4v) is 2.09. The molecule has 0 N–H and O–H groups in total. The molecule has 1 atom stereocenters. The van der Waals surface area contributed by atoms with Gasteiger partial charge < -0.3 is 9.05 Å². The molecule has 0 saturated heterocycles. The molecule has 0 radical (unpaired) electrons. The van der Waals surface area contributed by atoms with E-state index in [0.29, 0.717) is 0 Å². The Hall–Kier alpha value is -0.980. The number of halogens is 5. The average Bonchev–Trinajstić information content (AvgIpc) is 2.42. The minimum atomic E-state index is -3.60. The Morgan fingerprint density at radius 1 is 0.947 bits per heavy atom. The van der Waals surface area contributed by atoms with E-state index >= 15 is 0 Å². The molecule has 3 nitrogen and oxygen atoms in total. The van der Waals surface area contributed by atoms with Crippen LogP contribution in [0.3, 0.4) is 0 Å². The van der Waals surface area contributed by atoms with E-state index in [9.17, 15) is 26.5 Å². The first kappa shape index (κ1) is 16.1. The average molecular weight is 304 g/mol. The lowest BCUT2D eigenvalue weighted by atomic mass is 10.2. The van der Waals surface area contributed by atoms with Gasteiger partial charge in [0, 0.05) is 13.3 Å². The lowest BCUT2D eigenvalue weighted by Gasteiger charge is -2.15. The minimum absolute atomic E-state index is 0.112. The van der Waals surface area contributed by atoms with Crippen molar-refractivity contribution >= 4 is 7.60 Å². The van der Waals surface area contributed by atoms with Crippen molar-refractivity contribution in [3.05, 3.63) is 34.6 Å². The highest BCUT2D eigenvalue weighted by molar-refractivity contribution is 7.53. The van der Waals surface area contributed by atoms with Crippen LogP contribution in [0.5, 0.6) is 0 Å². The number of hydrogen-bond acceptors (Lipinski definition) is 3. The lowest BCUT2D eigenvalue weighted by Crippen LogP contribution is -2.08. The van der Waals surface area contributed by atoms with Crippen LogP contribution in [0.4, 0.5) is 22.0 Å². The zero-order valence-corrected chi connectivity index (χ0v) is 10.9. The Morgan fingerprint density at radius 2 is 1.37 bits per heavy atom. The second-order valence-electron chi connectivity index (χ2n) is 3.43. The third kappa shape index (κ3) is 3.13. The van der Waals surface area contributed by atoms with Gasteiger partial charge in [0.25, 0.3) is 0 Å². The monoisotopic (exact) mass is 304 g/mol. The van der Waals surface area contributed by atoms with Gasteiger partial charge in [0.2, 0.25) is 5.82 Å². The number of rotatable bonds is 5. The minimum Gasteiger partial charge on any atom is -0.312 e. The quantitative estimate of drug-likeness (QED) is 0.360. The largest absolute Gasteiger partial charge is 0.330 e. The van der Waals surface area contributed by atoms with E-state index in [1.165, 1.54) is 6.92 Å². The van der Waals surface area contributed by atoms with E-state index in [1.54, 1.807) is 0 Å². The number of benzene rings is 1. The van der Waals surface area contributed by atoms with Crippen LogP contribution >= 0.6 is 7.60 Å². The van der Waals surface area contributed by atoms with Crippen molar-refractivity contribution in [2.24, 2.45) is 0 Å². The molecular weight excluding hydrogens is 294 g/mol. The summed E-state index contributed by atoms with van der Waals surface area (Å²) in [6.07, 6.45) is -0.112. The molecule has 19 heavy (non-hydrogen) atoms. The number of hydrogen-bond donors (Lipinski definition) is 0. The summed E-state index contributed by atoms with van der Waals surface area (Å²) in [5, 5.41) is 0. The summed E-state index contributed by atoms with van der Waals surface area (Å²) >= 11 is 0. The summed E-state index contributed by atoms with van der Waals surface area (Å²) in [6, 6.07) is 0. The van der Waals surface area contributed by atoms with Crippen LogP contribution in [0.2, 0.25) is 0 Å². The molecule has 1 unspecified atom stereocenters. The lowest BCUT2D eigenvalue weighted by molar-refractivity contribution is 0.217. The fraction of sp³-hybridized carbons (Fsp3) is 0.400. The van der Waals surface area contributed by atoms with E-state index in [-0.39, 0.29) is 6.16 Å². The maximum absolute atomic E-state index is 13.3. The van der Waals surface area contributed by atoms with E-state index < -0.39 is 48.9 Å². The van der Waals surface area contributed by atoms with Gasteiger partial charge in [0.1, 0.15) is 0 Å². The van der Waals surface area contributed by atoms with Crippen LogP contribution in [0.1, 0.15) is 12.5 Å². The van der Waals surface area contributed by atoms with Gasteiger partial charge in [-0.25, -0.2) is 22.0 Å². The van der Waals surface area contributed by atoms with Crippen LogP contribution in [-0.4, -0.2) is 13.3 Å². The van der Waals surface area contributed by atoms with Crippen LogP contribution in [-0.2, 0) is 20.2 Å². The van der Waals surface area contributed by atoms with E-state index in [4.69, 9.17) is 0 Å². The molecule has 0 heterocycles. The topological polar surface area (TPSA) is 35.5 Å². The first-order valence-electron chi connectivity index (χ1n) is 5.07. The normalized spacial score (nSPS) is 14.5. The van der Waals surface area contributed by atoms with Gasteiger partial charge in [-0.1, -0.05) is 6.92 Å². The predicted octanol–water partition coefficient (Wildman–Crippen LogP) is 3.76. The molecule has 0 fully saturated rings. The maximum atomic E-state index is 13.3. The molecule has 0 amide bonds. The van der Waals surface area contributed by atoms with Crippen molar-refractivity contribution in [1.29, 1.82) is 0 Å². The van der Waals surface area contributed by atoms with Gasteiger partial charge in [-0.05, 0) is 0 Å². The molecule has 0 aliphatic carbocycles. The van der Waals surface area contributed by atoms with E-state index in [1.807, 2.05) is 0 Å². The summed E-state index contributed by atoms with van der Waals surface area (Å²) in [6.45, 7) is 0.369. The third-order valence-corrected chi connectivity index (χ3v) is 4.23. The first-order chi connectivity index (χ1) is 8.77. The third-order valence-electron chi connectivity index (χ3n) is 2.37. The highest BCUT2D eigenvalue weighted by Gasteiger charge is 2.28. The molecule has 1 aromatic carbocycles. The zero-order valence-electron chi connectivity index (χ0n) is 9.98. The van der Waals surface area contributed by atoms with Gasteiger partial charge in [-0.2, -0.15) is 0 Å². The van der Waals surface area contributed by atoms with Crippen LogP contribution in [0, 0.1) is 29.1 Å². The molecule has 1 aromatic rings. The van der Waals surface area contributed by atoms with Crippen molar-refractivity contribution in [1.82, 2.24) is 0 Å². The van der Waals surface area contributed by atoms with Gasteiger partial charge in [0.15, 0.2) is 23.3 Å². The Balaban J connectivity index is 3.13. The van der Waals surface area contributed by atoms with Crippen LogP contribution < -0.4 is 0 Å². The smallest absolute Gasteiger partial charge is 0.312 e. The maximum Gasteiger partial charge on any atom is 0.330 e. The van der Waals surface area contributed by atoms with Crippen molar-refractivity contribution in [3.63, 3.8) is 0 Å². The summed E-state index contributed by atoms with van der Waals surface area (Å²) in [4.78, 5) is 0. The molecule has 0 saturated carbocycles. The Kier molecular flexibility index (Phi) is 5.06. The van der Waals surface area contributed by atoms with Crippen molar-refractivity contribution in [3.8, 4) is 0 Å². The predicted molar refractivity (Wildman–Crippen MR) is 56.2 cm³/mol. The molecule has 108 valence electrons. The van der Waals surface area contributed by atoms with Gasteiger partial charge >= 0.3 is 7.60 Å². The molecule has 1 rings (SSSR count). The van der Waals surface area contributed by atoms with Crippen LogP contribution in [0.25, 0.3) is 0 Å². The molecule has 9 heteroatoms. The first-order valence-corrected chi connectivity index (χ1v) is 6.79.